The van der Waals surface area contributed by atoms with Crippen LogP contribution in [0.3, 0.4) is 0 Å². The fraction of sp³-hybridized carbons (Fsp3) is 0.364. The highest BCUT2D eigenvalue weighted by molar-refractivity contribution is 5.91. The van der Waals surface area contributed by atoms with E-state index in [2.05, 4.69) is 25.5 Å². The molecule has 30 heavy (non-hydrogen) atoms. The Bertz CT molecular complexity index is 1040. The lowest BCUT2D eigenvalue weighted by Gasteiger charge is -2.18. The van der Waals surface area contributed by atoms with Crippen molar-refractivity contribution in [2.75, 3.05) is 25.0 Å². The third-order valence-electron chi connectivity index (χ3n) is 5.66. The third-order valence-corrected chi connectivity index (χ3v) is 5.66. The maximum absolute atomic E-state index is 14.1. The van der Waals surface area contributed by atoms with Crippen molar-refractivity contribution < 1.29 is 9.18 Å². The number of hydrogen-bond acceptors (Lipinski definition) is 5. The number of aromatic amines is 1. The number of carbonyl (C=O) groups excluding carboxylic acids is 1. The Hall–Kier alpha value is -3.29. The highest BCUT2D eigenvalue weighted by Crippen LogP contribution is 2.29. The van der Waals surface area contributed by atoms with Crippen LogP contribution in [0.2, 0.25) is 0 Å². The first kappa shape index (κ1) is 20.0. The van der Waals surface area contributed by atoms with Crippen molar-refractivity contribution >= 4 is 11.7 Å². The molecule has 1 aromatic carbocycles. The van der Waals surface area contributed by atoms with Crippen LogP contribution < -0.4 is 5.32 Å². The maximum Gasteiger partial charge on any atom is 0.291 e. The fourth-order valence-corrected chi connectivity index (χ4v) is 3.78. The van der Waals surface area contributed by atoms with Gasteiger partial charge in [-0.05, 0) is 43.9 Å². The van der Waals surface area contributed by atoms with Gasteiger partial charge in [-0.15, -0.1) is 0 Å². The van der Waals surface area contributed by atoms with Gasteiger partial charge in [0, 0.05) is 43.0 Å². The summed E-state index contributed by atoms with van der Waals surface area (Å²) in [5, 5.41) is 10.0. The number of H-pyrrole nitrogens is 1. The number of anilines is 1. The number of halogens is 1. The molecule has 0 aliphatic carbocycles. The van der Waals surface area contributed by atoms with E-state index < -0.39 is 0 Å². The Balaban J connectivity index is 1.46. The molecule has 2 aromatic heterocycles. The molecule has 1 aliphatic rings. The van der Waals surface area contributed by atoms with Gasteiger partial charge < -0.3 is 10.2 Å². The second-order valence-corrected chi connectivity index (χ2v) is 7.65. The molecule has 0 radical (unpaired) electrons. The monoisotopic (exact) mass is 408 g/mol. The van der Waals surface area contributed by atoms with Crippen LogP contribution in [0.25, 0.3) is 0 Å². The van der Waals surface area contributed by atoms with Crippen LogP contribution in [0.4, 0.5) is 10.2 Å². The predicted octanol–water partition coefficient (Wildman–Crippen LogP) is 3.24. The molecule has 2 N–H and O–H groups in total. The van der Waals surface area contributed by atoms with Crippen LogP contribution in [-0.4, -0.2) is 50.6 Å². The molecule has 1 unspecified atom stereocenters. The van der Waals surface area contributed by atoms with Crippen molar-refractivity contribution in [2.24, 2.45) is 0 Å². The molecule has 4 rings (SSSR count). The van der Waals surface area contributed by atoms with Crippen molar-refractivity contribution in [3.05, 3.63) is 70.7 Å². The van der Waals surface area contributed by atoms with Gasteiger partial charge in [-0.1, -0.05) is 18.2 Å². The van der Waals surface area contributed by atoms with E-state index in [1.807, 2.05) is 26.1 Å². The van der Waals surface area contributed by atoms with Gasteiger partial charge in [0.05, 0.1) is 6.20 Å². The van der Waals surface area contributed by atoms with Gasteiger partial charge >= 0.3 is 0 Å². The zero-order valence-electron chi connectivity index (χ0n) is 17.2. The number of nitrogens with one attached hydrogen (secondary N) is 2. The van der Waals surface area contributed by atoms with Gasteiger partial charge in [-0.2, -0.15) is 5.10 Å². The Morgan fingerprint density at radius 2 is 2.13 bits per heavy atom. The second-order valence-electron chi connectivity index (χ2n) is 7.65. The minimum absolute atomic E-state index is 0.00532. The Labute approximate surface area is 174 Å². The van der Waals surface area contributed by atoms with E-state index in [0.717, 1.165) is 29.7 Å². The molecule has 1 atom stereocenters. The zero-order valence-corrected chi connectivity index (χ0v) is 17.2. The number of rotatable bonds is 6. The van der Waals surface area contributed by atoms with Gasteiger partial charge in [0.2, 0.25) is 5.82 Å². The van der Waals surface area contributed by atoms with E-state index in [9.17, 15) is 9.18 Å². The molecule has 0 saturated carbocycles. The van der Waals surface area contributed by atoms with Gasteiger partial charge in [0.15, 0.2) is 0 Å². The summed E-state index contributed by atoms with van der Waals surface area (Å²) in [6.07, 6.45) is 5.16. The highest BCUT2D eigenvalue weighted by Gasteiger charge is 2.31. The largest absolute Gasteiger partial charge is 0.369 e. The molecule has 156 valence electrons. The second kappa shape index (κ2) is 8.61. The first-order valence-corrected chi connectivity index (χ1v) is 10.1. The van der Waals surface area contributed by atoms with Crippen LogP contribution in [0.5, 0.6) is 0 Å². The first-order valence-electron chi connectivity index (χ1n) is 10.1. The summed E-state index contributed by atoms with van der Waals surface area (Å²) in [7, 11) is 0. The lowest BCUT2D eigenvalue weighted by Crippen LogP contribution is -2.30. The minimum Gasteiger partial charge on any atom is -0.369 e. The van der Waals surface area contributed by atoms with Crippen molar-refractivity contribution in [3.63, 3.8) is 0 Å². The lowest BCUT2D eigenvalue weighted by atomic mass is 9.98. The van der Waals surface area contributed by atoms with Gasteiger partial charge in [0.1, 0.15) is 11.6 Å². The van der Waals surface area contributed by atoms with Crippen molar-refractivity contribution in [1.82, 2.24) is 25.1 Å². The van der Waals surface area contributed by atoms with E-state index in [4.69, 9.17) is 0 Å². The highest BCUT2D eigenvalue weighted by atomic mass is 19.1. The number of nitrogens with zero attached hydrogens (tertiary/aromatic N) is 4. The summed E-state index contributed by atoms with van der Waals surface area (Å²) in [4.78, 5) is 23.7. The molecule has 0 spiro atoms. The summed E-state index contributed by atoms with van der Waals surface area (Å²) in [5.74, 6) is 0.407. The molecule has 8 heteroatoms. The summed E-state index contributed by atoms with van der Waals surface area (Å²) < 4.78 is 14.1. The summed E-state index contributed by atoms with van der Waals surface area (Å²) in [6.45, 7) is 5.52. The fourth-order valence-electron chi connectivity index (χ4n) is 3.78. The molecular formula is C22H25FN6O. The van der Waals surface area contributed by atoms with E-state index in [1.54, 1.807) is 23.2 Å². The number of benzene rings is 1. The quantitative estimate of drug-likeness (QED) is 0.654. The number of carbonyl (C=O) groups is 1. The number of aromatic nitrogens is 4. The number of likely N-dealkylation sites (tertiary alicyclic amines) is 1. The van der Waals surface area contributed by atoms with Crippen molar-refractivity contribution in [2.45, 2.75) is 32.6 Å². The molecule has 1 fully saturated rings. The number of hydrogen-bond donors (Lipinski definition) is 2. The van der Waals surface area contributed by atoms with Crippen LogP contribution >= 0.6 is 0 Å². The standard InChI is InChI=1S/C22H25FN6O/c1-14-15(2)27-21(28-20(14)24-9-7-16-11-25-26-12-16)22(30)29-10-8-17(13-29)18-5-3-4-6-19(18)23/h3-6,11-12,17H,7-10,13H2,1-2H3,(H,25,26)(H,24,27,28). The van der Waals surface area contributed by atoms with Crippen LogP contribution in [0, 0.1) is 19.7 Å². The molecule has 1 saturated heterocycles. The molecular weight excluding hydrogens is 383 g/mol. The molecule has 3 heterocycles. The summed E-state index contributed by atoms with van der Waals surface area (Å²) in [5.41, 5.74) is 3.45. The van der Waals surface area contributed by atoms with E-state index in [-0.39, 0.29) is 23.5 Å². The normalized spacial score (nSPS) is 16.1. The maximum atomic E-state index is 14.1. The average molecular weight is 408 g/mol. The topological polar surface area (TPSA) is 86.8 Å². The Morgan fingerprint density at radius 3 is 2.90 bits per heavy atom. The Morgan fingerprint density at radius 1 is 1.30 bits per heavy atom. The summed E-state index contributed by atoms with van der Waals surface area (Å²) >= 11 is 0. The van der Waals surface area contributed by atoms with E-state index >= 15 is 0 Å². The van der Waals surface area contributed by atoms with Gasteiger partial charge in [0.25, 0.3) is 5.91 Å². The SMILES string of the molecule is Cc1nc(C(=O)N2CCC(c3ccccc3F)C2)nc(NCCc2cn[nH]c2)c1C. The van der Waals surface area contributed by atoms with Gasteiger partial charge in [-0.3, -0.25) is 9.89 Å². The van der Waals surface area contributed by atoms with Crippen LogP contribution in [0.1, 0.15) is 45.3 Å². The third kappa shape index (κ3) is 4.17. The van der Waals surface area contributed by atoms with Crippen molar-refractivity contribution in [1.29, 1.82) is 0 Å². The summed E-state index contributed by atoms with van der Waals surface area (Å²) in [6, 6.07) is 6.77. The molecule has 7 nitrogen and oxygen atoms in total. The van der Waals surface area contributed by atoms with Crippen molar-refractivity contribution in [3.8, 4) is 0 Å². The minimum atomic E-state index is -0.219. The first-order chi connectivity index (χ1) is 14.5. The smallest absolute Gasteiger partial charge is 0.291 e. The predicted molar refractivity (Wildman–Crippen MR) is 112 cm³/mol. The van der Waals surface area contributed by atoms with E-state index in [1.165, 1.54) is 6.07 Å². The Kier molecular flexibility index (Phi) is 5.74. The molecule has 1 amide bonds. The van der Waals surface area contributed by atoms with E-state index in [0.29, 0.717) is 31.0 Å². The zero-order chi connectivity index (χ0) is 21.1. The average Bonchev–Trinajstić information content (AvgIpc) is 3.43. The molecule has 3 aromatic rings. The lowest BCUT2D eigenvalue weighted by molar-refractivity contribution is 0.0778. The van der Waals surface area contributed by atoms with Gasteiger partial charge in [-0.25, -0.2) is 14.4 Å². The van der Waals surface area contributed by atoms with Crippen LogP contribution in [0.15, 0.2) is 36.7 Å². The number of amides is 1. The molecule has 0 bridgehead atoms. The van der Waals surface area contributed by atoms with Crippen LogP contribution in [-0.2, 0) is 6.42 Å². The molecule has 1 aliphatic heterocycles. The number of aryl methyl sites for hydroxylation is 1.